The lowest BCUT2D eigenvalue weighted by Crippen LogP contribution is -2.42. The highest BCUT2D eigenvalue weighted by Crippen LogP contribution is 2.28. The molecular formula is C18H18FN3O5. The Bertz CT molecular complexity index is 897. The van der Waals surface area contributed by atoms with Crippen molar-refractivity contribution in [1.29, 1.82) is 0 Å². The van der Waals surface area contributed by atoms with Crippen molar-refractivity contribution in [2.45, 2.75) is 26.2 Å². The highest BCUT2D eigenvalue weighted by molar-refractivity contribution is 6.15. The van der Waals surface area contributed by atoms with E-state index in [0.29, 0.717) is 11.4 Å². The summed E-state index contributed by atoms with van der Waals surface area (Å²) >= 11 is 0. The lowest BCUT2D eigenvalue weighted by Gasteiger charge is -2.29. The van der Waals surface area contributed by atoms with Crippen molar-refractivity contribution < 1.29 is 28.2 Å². The average molecular weight is 375 g/mol. The van der Waals surface area contributed by atoms with E-state index in [-0.39, 0.29) is 17.9 Å². The predicted octanol–water partition coefficient (Wildman–Crippen LogP) is 2.27. The van der Waals surface area contributed by atoms with Gasteiger partial charge in [0.05, 0.1) is 11.4 Å². The van der Waals surface area contributed by atoms with E-state index in [9.17, 15) is 14.0 Å². The first kappa shape index (κ1) is 18.4. The Morgan fingerprint density at radius 3 is 2.59 bits per heavy atom. The molecule has 2 heterocycles. The summed E-state index contributed by atoms with van der Waals surface area (Å²) in [5, 5.41) is 6.89. The molecular weight excluding hydrogens is 357 g/mol. The first-order chi connectivity index (χ1) is 12.7. The summed E-state index contributed by atoms with van der Waals surface area (Å²) in [5.74, 6) is -3.21. The normalized spacial score (nSPS) is 15.8. The second-order valence-electron chi connectivity index (χ2n) is 6.29. The van der Waals surface area contributed by atoms with Crippen LogP contribution in [0, 0.1) is 5.82 Å². The summed E-state index contributed by atoms with van der Waals surface area (Å²) in [5.41, 5.74) is 0.575. The Balaban J connectivity index is 1.77. The molecule has 1 N–H and O–H groups in total. The van der Waals surface area contributed by atoms with Crippen LogP contribution in [-0.2, 0) is 32.7 Å². The molecule has 0 radical (unpaired) electrons. The standard InChI is InChI=1S/C18H18FN3O5/c1-18(2)26-16(23)13(17(24)27-18)9-20-14-8-11(19)4-5-15(14)25-10-12-6-7-22(3)21-12/h4-9,20H,10H2,1-3H3. The monoisotopic (exact) mass is 375 g/mol. The minimum atomic E-state index is -1.33. The van der Waals surface area contributed by atoms with E-state index in [0.717, 1.165) is 6.20 Å². The van der Waals surface area contributed by atoms with Gasteiger partial charge in [-0.15, -0.1) is 0 Å². The Hall–Kier alpha value is -3.36. The largest absolute Gasteiger partial charge is 0.485 e. The molecule has 0 aliphatic carbocycles. The van der Waals surface area contributed by atoms with Crippen molar-refractivity contribution >= 4 is 17.6 Å². The van der Waals surface area contributed by atoms with Gasteiger partial charge in [-0.05, 0) is 18.2 Å². The molecule has 1 aliphatic rings. The topological polar surface area (TPSA) is 91.7 Å². The van der Waals surface area contributed by atoms with Gasteiger partial charge < -0.3 is 19.5 Å². The fourth-order valence-electron chi connectivity index (χ4n) is 2.36. The van der Waals surface area contributed by atoms with E-state index >= 15 is 0 Å². The van der Waals surface area contributed by atoms with Gasteiger partial charge in [-0.2, -0.15) is 5.10 Å². The van der Waals surface area contributed by atoms with Gasteiger partial charge in [0.1, 0.15) is 18.2 Å². The third kappa shape index (κ3) is 4.43. The molecule has 9 heteroatoms. The van der Waals surface area contributed by atoms with Crippen LogP contribution in [0.1, 0.15) is 19.5 Å². The van der Waals surface area contributed by atoms with Crippen LogP contribution in [0.15, 0.2) is 42.2 Å². The number of hydrogen-bond donors (Lipinski definition) is 1. The zero-order chi connectivity index (χ0) is 19.6. The summed E-state index contributed by atoms with van der Waals surface area (Å²) < 4.78 is 30.9. The molecule has 8 nitrogen and oxygen atoms in total. The van der Waals surface area contributed by atoms with Crippen LogP contribution in [0.25, 0.3) is 0 Å². The van der Waals surface area contributed by atoms with Gasteiger partial charge >= 0.3 is 11.9 Å². The van der Waals surface area contributed by atoms with E-state index in [1.54, 1.807) is 24.0 Å². The van der Waals surface area contributed by atoms with Gasteiger partial charge in [-0.3, -0.25) is 4.68 Å². The number of hydrogen-bond acceptors (Lipinski definition) is 7. The first-order valence-electron chi connectivity index (χ1n) is 8.08. The van der Waals surface area contributed by atoms with Crippen LogP contribution in [0.5, 0.6) is 5.75 Å². The average Bonchev–Trinajstić information content (AvgIpc) is 2.97. The second kappa shape index (κ2) is 7.10. The molecule has 1 aliphatic heterocycles. The fourth-order valence-corrected chi connectivity index (χ4v) is 2.36. The van der Waals surface area contributed by atoms with E-state index in [2.05, 4.69) is 10.4 Å². The van der Waals surface area contributed by atoms with Gasteiger partial charge in [-0.1, -0.05) is 0 Å². The molecule has 27 heavy (non-hydrogen) atoms. The van der Waals surface area contributed by atoms with Crippen molar-refractivity contribution in [3.05, 3.63) is 53.7 Å². The van der Waals surface area contributed by atoms with Crippen LogP contribution in [0.2, 0.25) is 0 Å². The summed E-state index contributed by atoms with van der Waals surface area (Å²) in [6.07, 6.45) is 2.87. The van der Waals surface area contributed by atoms with Crippen molar-refractivity contribution in [3.63, 3.8) is 0 Å². The maximum absolute atomic E-state index is 13.6. The number of aryl methyl sites for hydroxylation is 1. The number of anilines is 1. The molecule has 142 valence electrons. The molecule has 0 saturated carbocycles. The van der Waals surface area contributed by atoms with Gasteiger partial charge in [0.15, 0.2) is 5.57 Å². The second-order valence-corrected chi connectivity index (χ2v) is 6.29. The maximum Gasteiger partial charge on any atom is 0.350 e. The summed E-state index contributed by atoms with van der Waals surface area (Å²) in [4.78, 5) is 23.9. The number of benzene rings is 1. The van der Waals surface area contributed by atoms with Gasteiger partial charge in [0.25, 0.3) is 5.79 Å². The number of cyclic esters (lactones) is 2. The summed E-state index contributed by atoms with van der Waals surface area (Å²) in [6, 6.07) is 5.63. The Morgan fingerprint density at radius 2 is 1.96 bits per heavy atom. The maximum atomic E-state index is 13.6. The molecule has 0 spiro atoms. The number of carbonyl (C=O) groups is 2. The number of nitrogens with zero attached hydrogens (tertiary/aromatic N) is 2. The number of carbonyl (C=O) groups excluding carboxylic acids is 2. The van der Waals surface area contributed by atoms with Crippen molar-refractivity contribution in [2.75, 3.05) is 5.32 Å². The van der Waals surface area contributed by atoms with Gasteiger partial charge in [0, 0.05) is 39.4 Å². The Kier molecular flexibility index (Phi) is 4.85. The molecule has 0 bridgehead atoms. The Morgan fingerprint density at radius 1 is 1.26 bits per heavy atom. The highest BCUT2D eigenvalue weighted by atomic mass is 19.1. The zero-order valence-electron chi connectivity index (χ0n) is 15.0. The van der Waals surface area contributed by atoms with E-state index in [1.807, 2.05) is 0 Å². The molecule has 2 aromatic rings. The van der Waals surface area contributed by atoms with Crippen LogP contribution >= 0.6 is 0 Å². The fraction of sp³-hybridized carbons (Fsp3) is 0.278. The lowest BCUT2D eigenvalue weighted by atomic mass is 10.2. The van der Waals surface area contributed by atoms with Crippen LogP contribution in [0.3, 0.4) is 0 Å². The summed E-state index contributed by atoms with van der Waals surface area (Å²) in [7, 11) is 1.78. The van der Waals surface area contributed by atoms with Crippen molar-refractivity contribution in [2.24, 2.45) is 7.05 Å². The lowest BCUT2D eigenvalue weighted by molar-refractivity contribution is -0.222. The smallest absolute Gasteiger partial charge is 0.350 e. The van der Waals surface area contributed by atoms with Crippen LogP contribution in [-0.4, -0.2) is 27.5 Å². The third-order valence-electron chi connectivity index (χ3n) is 3.57. The summed E-state index contributed by atoms with van der Waals surface area (Å²) in [6.45, 7) is 3.06. The first-order valence-corrected chi connectivity index (χ1v) is 8.08. The van der Waals surface area contributed by atoms with Gasteiger partial charge in [0.2, 0.25) is 0 Å². The number of halogens is 1. The molecule has 0 unspecified atom stereocenters. The minimum absolute atomic E-state index is 0.163. The molecule has 1 aromatic heterocycles. The molecule has 0 amide bonds. The highest BCUT2D eigenvalue weighted by Gasteiger charge is 2.39. The molecule has 1 saturated heterocycles. The van der Waals surface area contributed by atoms with Crippen molar-refractivity contribution in [1.82, 2.24) is 9.78 Å². The van der Waals surface area contributed by atoms with E-state index < -0.39 is 23.5 Å². The molecule has 1 aromatic carbocycles. The SMILES string of the molecule is Cn1ccc(COc2ccc(F)cc2NC=C2C(=O)OC(C)(C)OC2=O)n1. The molecule has 3 rings (SSSR count). The number of ether oxygens (including phenoxy) is 3. The molecule has 0 atom stereocenters. The number of esters is 2. The van der Waals surface area contributed by atoms with E-state index in [4.69, 9.17) is 14.2 Å². The minimum Gasteiger partial charge on any atom is -0.485 e. The number of rotatable bonds is 5. The third-order valence-corrected chi connectivity index (χ3v) is 3.57. The number of aromatic nitrogens is 2. The predicted molar refractivity (Wildman–Crippen MR) is 91.9 cm³/mol. The van der Waals surface area contributed by atoms with Crippen molar-refractivity contribution in [3.8, 4) is 5.75 Å². The van der Waals surface area contributed by atoms with Crippen LogP contribution < -0.4 is 10.1 Å². The zero-order valence-corrected chi connectivity index (χ0v) is 15.0. The van der Waals surface area contributed by atoms with Crippen LogP contribution in [0.4, 0.5) is 10.1 Å². The quantitative estimate of drug-likeness (QED) is 0.487. The number of nitrogens with one attached hydrogen (secondary N) is 1. The van der Waals surface area contributed by atoms with Gasteiger partial charge in [-0.25, -0.2) is 14.0 Å². The van der Waals surface area contributed by atoms with E-state index in [1.165, 1.54) is 32.0 Å². The Labute approximate surface area is 154 Å². The molecule has 1 fully saturated rings.